The number of benzene rings is 2. The van der Waals surface area contributed by atoms with Gasteiger partial charge in [0.25, 0.3) is 0 Å². The Morgan fingerprint density at radius 1 is 0.959 bits per heavy atom. The molecule has 4 aliphatic rings. The minimum atomic E-state index is -2.20. The highest BCUT2D eigenvalue weighted by atomic mass is 16.7. The molecule has 4 unspecified atom stereocenters. The van der Waals surface area contributed by atoms with Gasteiger partial charge in [-0.1, -0.05) is 62.4 Å². The van der Waals surface area contributed by atoms with Crippen LogP contribution in [0, 0.1) is 16.7 Å². The van der Waals surface area contributed by atoms with Crippen molar-refractivity contribution >= 4 is 23.9 Å². The van der Waals surface area contributed by atoms with Gasteiger partial charge in [0.15, 0.2) is 11.4 Å². The summed E-state index contributed by atoms with van der Waals surface area (Å²) in [6.07, 6.45) is -8.75. The Labute approximate surface area is 283 Å². The highest BCUT2D eigenvalue weighted by Gasteiger charge is 2.78. The molecule has 3 N–H and O–H groups in total. The van der Waals surface area contributed by atoms with Crippen LogP contribution in [0.2, 0.25) is 0 Å². The second-order valence-electron chi connectivity index (χ2n) is 14.3. The van der Waals surface area contributed by atoms with E-state index in [1.807, 2.05) is 6.07 Å². The lowest BCUT2D eigenvalue weighted by Crippen LogP contribution is -2.81. The summed E-state index contributed by atoms with van der Waals surface area (Å²) in [6.45, 7) is 7.08. The second kappa shape index (κ2) is 12.3. The van der Waals surface area contributed by atoms with Gasteiger partial charge in [-0.25, -0.2) is 9.59 Å². The van der Waals surface area contributed by atoms with Crippen LogP contribution in [0.4, 0.5) is 4.79 Å². The Morgan fingerprint density at radius 2 is 1.59 bits per heavy atom. The number of hydrogen-bond donors (Lipinski definition) is 3. The third kappa shape index (κ3) is 5.36. The van der Waals surface area contributed by atoms with Gasteiger partial charge in [0, 0.05) is 25.2 Å². The molecule has 2 aromatic carbocycles. The number of rotatable bonds is 6. The molecule has 49 heavy (non-hydrogen) atoms. The van der Waals surface area contributed by atoms with Gasteiger partial charge in [0.2, 0.25) is 0 Å². The maximum Gasteiger partial charge on any atom is 0.509 e. The van der Waals surface area contributed by atoms with Crippen LogP contribution in [0.1, 0.15) is 63.4 Å². The number of Topliss-reactive ketones (excluding diaryl/α,β-unsaturated/α-hetero) is 1. The van der Waals surface area contributed by atoms with E-state index < -0.39 is 82.3 Å². The highest BCUT2D eigenvalue weighted by Crippen LogP contribution is 2.64. The van der Waals surface area contributed by atoms with E-state index in [0.29, 0.717) is 11.1 Å². The fourth-order valence-corrected chi connectivity index (χ4v) is 8.64. The zero-order valence-electron chi connectivity index (χ0n) is 28.1. The number of fused-ring (bicyclic) bond motifs is 5. The van der Waals surface area contributed by atoms with Crippen molar-refractivity contribution < 1.29 is 58.2 Å². The summed E-state index contributed by atoms with van der Waals surface area (Å²) < 4.78 is 29.2. The summed E-state index contributed by atoms with van der Waals surface area (Å²) in [7, 11) is 0. The van der Waals surface area contributed by atoms with Crippen molar-refractivity contribution in [3.63, 3.8) is 0 Å². The Hall–Kier alpha value is -4.10. The molecule has 6 rings (SSSR count). The highest BCUT2D eigenvalue weighted by molar-refractivity contribution is 5.94. The first-order valence-electron chi connectivity index (χ1n) is 16.4. The number of aliphatic hydroxyl groups excluding tert-OH is 2. The summed E-state index contributed by atoms with van der Waals surface area (Å²) in [6, 6.07) is 16.9. The molecule has 0 radical (unpaired) electrons. The molecule has 12 nitrogen and oxygen atoms in total. The van der Waals surface area contributed by atoms with Gasteiger partial charge in [0.05, 0.1) is 29.6 Å². The van der Waals surface area contributed by atoms with Crippen LogP contribution in [0.15, 0.2) is 71.8 Å². The maximum atomic E-state index is 14.7. The molecule has 0 aromatic heterocycles. The van der Waals surface area contributed by atoms with E-state index in [1.54, 1.807) is 63.2 Å². The minimum absolute atomic E-state index is 0.0493. The van der Waals surface area contributed by atoms with Crippen LogP contribution in [0.5, 0.6) is 0 Å². The molecule has 1 saturated heterocycles. The van der Waals surface area contributed by atoms with Crippen LogP contribution in [0.3, 0.4) is 0 Å². The van der Waals surface area contributed by atoms with E-state index in [2.05, 4.69) is 0 Å². The molecular formula is C37H42O12. The molecule has 1 heterocycles. The van der Waals surface area contributed by atoms with Gasteiger partial charge in [-0.05, 0) is 42.7 Å². The van der Waals surface area contributed by atoms with Crippen molar-refractivity contribution in [1.82, 2.24) is 0 Å². The molecule has 2 aromatic rings. The number of ketones is 1. The lowest BCUT2D eigenvalue weighted by Gasteiger charge is -2.67. The average molecular weight is 679 g/mol. The van der Waals surface area contributed by atoms with Gasteiger partial charge in [-0.3, -0.25) is 9.59 Å². The molecule has 0 amide bonds. The summed E-state index contributed by atoms with van der Waals surface area (Å²) in [5, 5.41) is 36.9. The Morgan fingerprint density at radius 3 is 2.18 bits per heavy atom. The van der Waals surface area contributed by atoms with Gasteiger partial charge in [-0.15, -0.1) is 0 Å². The molecule has 3 fully saturated rings. The van der Waals surface area contributed by atoms with Crippen LogP contribution in [0.25, 0.3) is 0 Å². The first-order chi connectivity index (χ1) is 23.1. The Bertz CT molecular complexity index is 1670. The van der Waals surface area contributed by atoms with E-state index in [1.165, 1.54) is 26.0 Å². The SMILES string of the molecule is CC(=O)OC12CO[C@@H]1C[C@H](O)[C@@]1(C)C(=O)[C@H](O)C3=C(C)C(OC(=O)OCc4ccccc4)C[C@@](O)(C(OC(=O)c4ccccc4)C21)C3(C)C. The fraction of sp³-hybridized carbons (Fsp3) is 0.514. The largest absolute Gasteiger partial charge is 0.509 e. The molecule has 12 heteroatoms. The number of aliphatic hydroxyl groups is 3. The molecule has 9 atom stereocenters. The number of esters is 2. The van der Waals surface area contributed by atoms with E-state index in [0.717, 1.165) is 0 Å². The summed E-state index contributed by atoms with van der Waals surface area (Å²) in [4.78, 5) is 54.4. The van der Waals surface area contributed by atoms with E-state index >= 15 is 0 Å². The van der Waals surface area contributed by atoms with Crippen molar-refractivity contribution in [2.45, 2.75) is 95.8 Å². The zero-order valence-corrected chi connectivity index (χ0v) is 28.1. The monoisotopic (exact) mass is 678 g/mol. The molecule has 2 bridgehead atoms. The van der Waals surface area contributed by atoms with Gasteiger partial charge in [0.1, 0.15) is 36.6 Å². The predicted molar refractivity (Wildman–Crippen MR) is 171 cm³/mol. The van der Waals surface area contributed by atoms with Crippen molar-refractivity contribution in [1.29, 1.82) is 0 Å². The molecule has 0 spiro atoms. The van der Waals surface area contributed by atoms with Crippen LogP contribution in [-0.4, -0.2) is 87.5 Å². The van der Waals surface area contributed by atoms with Crippen LogP contribution < -0.4 is 0 Å². The first kappa shape index (κ1) is 34.8. The van der Waals surface area contributed by atoms with E-state index in [-0.39, 0.29) is 37.2 Å². The van der Waals surface area contributed by atoms with Crippen molar-refractivity contribution in [2.24, 2.45) is 16.7 Å². The van der Waals surface area contributed by atoms with Crippen molar-refractivity contribution in [3.8, 4) is 0 Å². The summed E-state index contributed by atoms with van der Waals surface area (Å²) in [5.74, 6) is -3.83. The topological polar surface area (TPSA) is 175 Å². The van der Waals surface area contributed by atoms with Crippen molar-refractivity contribution in [3.05, 3.63) is 82.9 Å². The molecule has 2 saturated carbocycles. The third-order valence-electron chi connectivity index (χ3n) is 11.4. The lowest BCUT2D eigenvalue weighted by atomic mass is 9.44. The zero-order chi connectivity index (χ0) is 35.5. The number of ether oxygens (including phenoxy) is 5. The average Bonchev–Trinajstić information content (AvgIpc) is 3.06. The van der Waals surface area contributed by atoms with Gasteiger partial charge < -0.3 is 39.0 Å². The van der Waals surface area contributed by atoms with Crippen LogP contribution >= 0.6 is 0 Å². The van der Waals surface area contributed by atoms with Gasteiger partial charge >= 0.3 is 18.1 Å². The minimum Gasteiger partial charge on any atom is -0.455 e. The molecule has 1 aliphatic heterocycles. The van der Waals surface area contributed by atoms with Gasteiger partial charge in [-0.2, -0.15) is 0 Å². The Balaban J connectivity index is 1.51. The lowest BCUT2D eigenvalue weighted by molar-refractivity contribution is -0.345. The first-order valence-corrected chi connectivity index (χ1v) is 16.4. The number of hydrogen-bond acceptors (Lipinski definition) is 12. The molecule has 3 aliphatic carbocycles. The van der Waals surface area contributed by atoms with Crippen LogP contribution in [-0.2, 0) is 39.9 Å². The standard InChI is InChI=1S/C37H42O12/c1-20-24(47-33(43)45-18-22-12-8-6-9-13-22)17-37(44)31(48-32(42)23-14-10-7-11-15-23)29-35(5,30(41)28(40)27(20)34(37,3)4)25(39)16-26-36(29,19-46-26)49-21(2)38/h6-15,24-26,28-29,31,39-40,44H,16-19H2,1-5H3/t24?,25-,26+,28+,29?,31?,35+,36?,37+/m0/s1. The predicted octanol–water partition coefficient (Wildman–Crippen LogP) is 3.44. The smallest absolute Gasteiger partial charge is 0.455 e. The second-order valence-corrected chi connectivity index (χ2v) is 14.3. The summed E-state index contributed by atoms with van der Waals surface area (Å²) in [5.41, 5.74) is -6.08. The molecule has 262 valence electrons. The number of carbonyl (C=O) groups is 4. The summed E-state index contributed by atoms with van der Waals surface area (Å²) >= 11 is 0. The molecular weight excluding hydrogens is 636 g/mol. The van der Waals surface area contributed by atoms with E-state index in [4.69, 9.17) is 23.7 Å². The third-order valence-corrected chi connectivity index (χ3v) is 11.4. The normalized spacial score (nSPS) is 36.1. The van der Waals surface area contributed by atoms with E-state index in [9.17, 15) is 34.5 Å². The fourth-order valence-electron chi connectivity index (χ4n) is 8.64. The maximum absolute atomic E-state index is 14.7. The van der Waals surface area contributed by atoms with Crippen molar-refractivity contribution in [2.75, 3.05) is 6.61 Å². The quantitative estimate of drug-likeness (QED) is 0.231. The number of carbonyl (C=O) groups excluding carboxylic acids is 4. The Kier molecular flexibility index (Phi) is 8.76.